The van der Waals surface area contributed by atoms with Crippen LogP contribution in [0.1, 0.15) is 0 Å². The number of hydrogen-bond acceptors (Lipinski definition) is 5. The molecule has 0 aliphatic carbocycles. The van der Waals surface area contributed by atoms with E-state index in [0.717, 1.165) is 11.3 Å². The maximum Gasteiger partial charge on any atom is 0.324 e. The molecule has 1 rings (SSSR count). The Bertz CT molecular complexity index is 483. The van der Waals surface area contributed by atoms with Crippen LogP contribution >= 0.6 is 22.9 Å². The number of aliphatic hydroxyl groups excluding tert-OH is 1. The van der Waals surface area contributed by atoms with Gasteiger partial charge in [0, 0.05) is 0 Å². The maximum absolute atomic E-state index is 11.6. The Labute approximate surface area is 101 Å². The summed E-state index contributed by atoms with van der Waals surface area (Å²) in [5, 5.41) is 17.3. The van der Waals surface area contributed by atoms with Gasteiger partial charge < -0.3 is 10.2 Å². The highest BCUT2D eigenvalue weighted by Gasteiger charge is 2.25. The number of carboxylic acids is 1. The molecule has 6 nitrogen and oxygen atoms in total. The molecule has 0 saturated heterocycles. The Morgan fingerprint density at radius 3 is 2.56 bits per heavy atom. The molecule has 0 fully saturated rings. The second-order valence-corrected chi connectivity index (χ2v) is 6.41. The lowest BCUT2D eigenvalue weighted by Crippen LogP contribution is -2.42. The number of nitrogens with one attached hydrogen (secondary N) is 1. The fourth-order valence-corrected chi connectivity index (χ4v) is 3.53. The Balaban J connectivity index is 2.91. The third kappa shape index (κ3) is 3.16. The lowest BCUT2D eigenvalue weighted by Gasteiger charge is -2.10. The summed E-state index contributed by atoms with van der Waals surface area (Å²) in [6, 6.07) is 1.08. The zero-order valence-electron chi connectivity index (χ0n) is 7.75. The van der Waals surface area contributed by atoms with E-state index in [9.17, 15) is 13.2 Å². The van der Waals surface area contributed by atoms with E-state index in [1.165, 1.54) is 12.1 Å². The van der Waals surface area contributed by atoms with Crippen molar-refractivity contribution in [3.05, 3.63) is 16.5 Å². The topological polar surface area (TPSA) is 104 Å². The summed E-state index contributed by atoms with van der Waals surface area (Å²) < 4.78 is 25.2. The van der Waals surface area contributed by atoms with Crippen LogP contribution in [0.3, 0.4) is 0 Å². The summed E-state index contributed by atoms with van der Waals surface area (Å²) in [4.78, 5) is 10.5. The molecule has 1 aromatic heterocycles. The van der Waals surface area contributed by atoms with Gasteiger partial charge in [-0.15, -0.1) is 11.3 Å². The second kappa shape index (κ2) is 5.11. The molecule has 0 bridgehead atoms. The predicted octanol–water partition coefficient (Wildman–Crippen LogP) is 0.125. The highest BCUT2D eigenvalue weighted by atomic mass is 35.5. The number of carbonyl (C=O) groups is 1. The molecular formula is C7H8ClNO5S2. The van der Waals surface area contributed by atoms with Gasteiger partial charge >= 0.3 is 5.97 Å². The highest BCUT2D eigenvalue weighted by molar-refractivity contribution is 7.91. The van der Waals surface area contributed by atoms with Crippen LogP contribution in [0.4, 0.5) is 0 Å². The molecule has 0 unspecified atom stereocenters. The van der Waals surface area contributed by atoms with E-state index in [-0.39, 0.29) is 8.55 Å². The molecule has 0 aliphatic heterocycles. The Morgan fingerprint density at radius 1 is 1.56 bits per heavy atom. The van der Waals surface area contributed by atoms with Crippen molar-refractivity contribution in [2.24, 2.45) is 0 Å². The number of thiophene rings is 1. The summed E-state index contributed by atoms with van der Waals surface area (Å²) in [5.41, 5.74) is 0. The zero-order valence-corrected chi connectivity index (χ0v) is 10.1. The number of halogens is 1. The van der Waals surface area contributed by atoms with Gasteiger partial charge in [-0.25, -0.2) is 8.42 Å². The lowest BCUT2D eigenvalue weighted by molar-refractivity contribution is -0.139. The van der Waals surface area contributed by atoms with E-state index < -0.39 is 28.6 Å². The van der Waals surface area contributed by atoms with Crippen molar-refractivity contribution in [2.75, 3.05) is 6.61 Å². The monoisotopic (exact) mass is 285 g/mol. The molecule has 0 aliphatic rings. The van der Waals surface area contributed by atoms with Gasteiger partial charge in [0.25, 0.3) is 10.0 Å². The summed E-state index contributed by atoms with van der Waals surface area (Å²) in [5.74, 6) is -1.45. The predicted molar refractivity (Wildman–Crippen MR) is 58.2 cm³/mol. The molecule has 1 heterocycles. The molecule has 1 atom stereocenters. The van der Waals surface area contributed by atoms with Gasteiger partial charge in [0.1, 0.15) is 10.3 Å². The SMILES string of the molecule is O=C(O)[C@@H](CO)NS(=O)(=O)c1ccc(Cl)s1. The van der Waals surface area contributed by atoms with Gasteiger partial charge in [-0.05, 0) is 12.1 Å². The molecule has 0 aromatic carbocycles. The summed E-state index contributed by atoms with van der Waals surface area (Å²) in [6.07, 6.45) is 0. The summed E-state index contributed by atoms with van der Waals surface area (Å²) >= 11 is 6.36. The van der Waals surface area contributed by atoms with E-state index in [1.54, 1.807) is 0 Å². The molecule has 9 heteroatoms. The van der Waals surface area contributed by atoms with Crippen LogP contribution in [0.15, 0.2) is 16.3 Å². The van der Waals surface area contributed by atoms with E-state index in [4.69, 9.17) is 21.8 Å². The van der Waals surface area contributed by atoms with Crippen LogP contribution in [-0.2, 0) is 14.8 Å². The zero-order chi connectivity index (χ0) is 12.3. The van der Waals surface area contributed by atoms with Crippen molar-refractivity contribution in [2.45, 2.75) is 10.3 Å². The third-order valence-corrected chi connectivity index (χ3v) is 4.79. The molecule has 16 heavy (non-hydrogen) atoms. The van der Waals surface area contributed by atoms with Crippen molar-refractivity contribution < 1.29 is 23.4 Å². The molecule has 3 N–H and O–H groups in total. The second-order valence-electron chi connectivity index (χ2n) is 2.75. The maximum atomic E-state index is 11.6. The quantitative estimate of drug-likeness (QED) is 0.713. The molecule has 1 aromatic rings. The third-order valence-electron chi connectivity index (χ3n) is 1.59. The Morgan fingerprint density at radius 2 is 2.19 bits per heavy atom. The van der Waals surface area contributed by atoms with Crippen LogP contribution in [-0.4, -0.2) is 37.2 Å². The fraction of sp³-hybridized carbons (Fsp3) is 0.286. The smallest absolute Gasteiger partial charge is 0.324 e. The van der Waals surface area contributed by atoms with Crippen molar-refractivity contribution in [1.29, 1.82) is 0 Å². The summed E-state index contributed by atoms with van der Waals surface area (Å²) in [6.45, 7) is -0.826. The van der Waals surface area contributed by atoms with Gasteiger partial charge in [0.2, 0.25) is 0 Å². The first-order valence-electron chi connectivity index (χ1n) is 3.98. The number of sulfonamides is 1. The van der Waals surface area contributed by atoms with Gasteiger partial charge in [-0.1, -0.05) is 11.6 Å². The average Bonchev–Trinajstić information content (AvgIpc) is 2.61. The Hall–Kier alpha value is -0.670. The molecule has 0 amide bonds. The van der Waals surface area contributed by atoms with E-state index in [0.29, 0.717) is 0 Å². The van der Waals surface area contributed by atoms with Crippen LogP contribution in [0.2, 0.25) is 4.34 Å². The normalized spacial score (nSPS) is 13.6. The minimum atomic E-state index is -3.95. The van der Waals surface area contributed by atoms with Gasteiger partial charge in [0.15, 0.2) is 0 Å². The molecule has 90 valence electrons. The minimum Gasteiger partial charge on any atom is -0.480 e. The van der Waals surface area contributed by atoms with Crippen molar-refractivity contribution in [1.82, 2.24) is 4.72 Å². The number of aliphatic hydroxyl groups is 1. The van der Waals surface area contributed by atoms with Crippen molar-refractivity contribution in [3.8, 4) is 0 Å². The van der Waals surface area contributed by atoms with Gasteiger partial charge in [0.05, 0.1) is 10.9 Å². The standard InChI is InChI=1S/C7H8ClNO5S2/c8-5-1-2-6(15-5)16(13,14)9-4(3-10)7(11)12/h1-2,4,9-10H,3H2,(H,11,12)/t4-/m1/s1. The van der Waals surface area contributed by atoms with Crippen LogP contribution in [0.25, 0.3) is 0 Å². The van der Waals surface area contributed by atoms with E-state index in [1.807, 2.05) is 4.72 Å². The summed E-state index contributed by atoms with van der Waals surface area (Å²) in [7, 11) is -3.95. The van der Waals surface area contributed by atoms with E-state index >= 15 is 0 Å². The number of rotatable bonds is 5. The van der Waals surface area contributed by atoms with E-state index in [2.05, 4.69) is 0 Å². The van der Waals surface area contributed by atoms with Crippen LogP contribution < -0.4 is 4.72 Å². The number of aliphatic carboxylic acids is 1. The van der Waals surface area contributed by atoms with Crippen molar-refractivity contribution >= 4 is 38.9 Å². The molecular weight excluding hydrogens is 278 g/mol. The lowest BCUT2D eigenvalue weighted by atomic mass is 10.3. The van der Waals surface area contributed by atoms with Crippen LogP contribution in [0.5, 0.6) is 0 Å². The minimum absolute atomic E-state index is 0.0998. The van der Waals surface area contributed by atoms with Gasteiger partial charge in [-0.2, -0.15) is 4.72 Å². The van der Waals surface area contributed by atoms with Gasteiger partial charge in [-0.3, -0.25) is 4.79 Å². The highest BCUT2D eigenvalue weighted by Crippen LogP contribution is 2.25. The van der Waals surface area contributed by atoms with Crippen molar-refractivity contribution in [3.63, 3.8) is 0 Å². The fourth-order valence-electron chi connectivity index (χ4n) is 0.853. The molecule has 0 saturated carbocycles. The molecule has 0 spiro atoms. The Kier molecular flexibility index (Phi) is 4.28. The number of hydrogen-bond donors (Lipinski definition) is 3. The largest absolute Gasteiger partial charge is 0.480 e. The molecule has 0 radical (unpaired) electrons. The first-order valence-corrected chi connectivity index (χ1v) is 6.66. The number of carboxylic acid groups (broad SMARTS) is 1. The van der Waals surface area contributed by atoms with Crippen LogP contribution in [0, 0.1) is 0 Å². The first kappa shape index (κ1) is 13.4. The first-order chi connectivity index (χ1) is 7.36. The average molecular weight is 286 g/mol.